The van der Waals surface area contributed by atoms with Crippen LogP contribution in [0.25, 0.3) is 10.9 Å². The second kappa shape index (κ2) is 8.26. The fourth-order valence-corrected chi connectivity index (χ4v) is 4.12. The van der Waals surface area contributed by atoms with Crippen molar-refractivity contribution in [3.8, 4) is 0 Å². The number of nitrogens with zero attached hydrogens (tertiary/aromatic N) is 3. The molecule has 174 valence electrons. The quantitative estimate of drug-likeness (QED) is 0.551. The lowest BCUT2D eigenvalue weighted by molar-refractivity contribution is -0.137. The van der Waals surface area contributed by atoms with Gasteiger partial charge in [-0.3, -0.25) is 9.78 Å². The summed E-state index contributed by atoms with van der Waals surface area (Å²) in [6.45, 7) is 5.69. The molecule has 6 nitrogen and oxygen atoms in total. The number of fused-ring (bicyclic) bond motifs is 3. The number of hydrogen-bond acceptors (Lipinski definition) is 5. The van der Waals surface area contributed by atoms with Gasteiger partial charge < -0.3 is 15.4 Å². The zero-order valence-electron chi connectivity index (χ0n) is 18.2. The van der Waals surface area contributed by atoms with Gasteiger partial charge in [-0.15, -0.1) is 0 Å². The fourth-order valence-electron chi connectivity index (χ4n) is 4.12. The minimum absolute atomic E-state index is 0.171. The van der Waals surface area contributed by atoms with E-state index in [0.717, 1.165) is 29.5 Å². The number of benzene rings is 1. The van der Waals surface area contributed by atoms with Crippen LogP contribution in [-0.4, -0.2) is 26.8 Å². The summed E-state index contributed by atoms with van der Waals surface area (Å²) in [5.41, 5.74) is 6.95. The Kier molecular flexibility index (Phi) is 5.73. The number of ether oxygens (including phenoxy) is 1. The number of hydrogen-bond donors (Lipinski definition) is 1. The van der Waals surface area contributed by atoms with Crippen molar-refractivity contribution >= 4 is 22.6 Å². The van der Waals surface area contributed by atoms with Crippen LogP contribution in [0.3, 0.4) is 0 Å². The van der Waals surface area contributed by atoms with Gasteiger partial charge in [-0.05, 0) is 44.5 Å². The van der Waals surface area contributed by atoms with Gasteiger partial charge >= 0.3 is 6.18 Å². The first-order chi connectivity index (χ1) is 15.5. The number of anilines is 1. The Morgan fingerprint density at radius 1 is 1.15 bits per heavy atom. The fraction of sp³-hybridized carbons (Fsp3) is 0.348. The number of nitrogen functional groups attached to an aromatic ring is 1. The van der Waals surface area contributed by atoms with Crippen molar-refractivity contribution in [1.29, 1.82) is 0 Å². The monoisotopic (exact) mass is 462 g/mol. The van der Waals surface area contributed by atoms with Gasteiger partial charge in [-0.25, -0.2) is 9.37 Å². The van der Waals surface area contributed by atoms with Gasteiger partial charge in [0.15, 0.2) is 0 Å². The Bertz CT molecular complexity index is 1230. The average molecular weight is 462 g/mol. The van der Waals surface area contributed by atoms with Crippen molar-refractivity contribution in [3.05, 3.63) is 64.2 Å². The molecule has 2 aromatic heterocycles. The Hall–Kier alpha value is -3.27. The number of nitrogens with two attached hydrogens (primary N) is 1. The first kappa shape index (κ1) is 22.9. The second-order valence-electron chi connectivity index (χ2n) is 8.25. The molecule has 10 heteroatoms. The van der Waals surface area contributed by atoms with Crippen LogP contribution in [0.2, 0.25) is 0 Å². The van der Waals surface area contributed by atoms with Crippen LogP contribution >= 0.6 is 0 Å². The zero-order valence-corrected chi connectivity index (χ0v) is 18.2. The Morgan fingerprint density at radius 3 is 2.45 bits per heavy atom. The molecule has 1 aromatic carbocycles. The number of carbonyl (C=O) groups excluding carboxylic acids is 1. The normalized spacial score (nSPS) is 14.5. The zero-order chi connectivity index (χ0) is 24.1. The largest absolute Gasteiger partial charge is 0.417 e. The van der Waals surface area contributed by atoms with Crippen LogP contribution in [0, 0.1) is 5.82 Å². The van der Waals surface area contributed by atoms with Crippen molar-refractivity contribution in [1.82, 2.24) is 14.9 Å². The molecule has 0 spiro atoms. The summed E-state index contributed by atoms with van der Waals surface area (Å²) >= 11 is 0. The van der Waals surface area contributed by atoms with E-state index in [4.69, 9.17) is 10.5 Å². The molecule has 0 saturated heterocycles. The van der Waals surface area contributed by atoms with Crippen molar-refractivity contribution in [2.45, 2.75) is 52.2 Å². The summed E-state index contributed by atoms with van der Waals surface area (Å²) in [6, 6.07) is 3.66. The highest BCUT2D eigenvalue weighted by atomic mass is 19.4. The minimum atomic E-state index is -4.52. The first-order valence-corrected chi connectivity index (χ1v) is 10.3. The predicted octanol–water partition coefficient (Wildman–Crippen LogP) is 5.01. The van der Waals surface area contributed by atoms with E-state index in [0.29, 0.717) is 17.5 Å². The number of alkyl halides is 3. The Balaban J connectivity index is 1.74. The average Bonchev–Trinajstić information content (AvgIpc) is 3.23. The van der Waals surface area contributed by atoms with Gasteiger partial charge in [0, 0.05) is 29.3 Å². The van der Waals surface area contributed by atoms with E-state index in [9.17, 15) is 18.0 Å². The van der Waals surface area contributed by atoms with Crippen molar-refractivity contribution in [2.75, 3.05) is 5.73 Å². The molecule has 1 atom stereocenters. The summed E-state index contributed by atoms with van der Waals surface area (Å²) < 4.78 is 59.1. The van der Waals surface area contributed by atoms with Crippen LogP contribution in [-0.2, 0) is 24.1 Å². The SMILES string of the molecule is CC(C)N(C(=O)c1cc2c3c(c(N)nc2cc1F)COC3)[C@H](C)c1ccc(C(F)(F)F)cn1. The van der Waals surface area contributed by atoms with E-state index in [1.54, 1.807) is 20.8 Å². The summed E-state index contributed by atoms with van der Waals surface area (Å²) in [5, 5.41) is 0.575. The number of aromatic nitrogens is 2. The van der Waals surface area contributed by atoms with E-state index in [1.807, 2.05) is 0 Å². The molecule has 1 aliphatic rings. The molecule has 33 heavy (non-hydrogen) atoms. The van der Waals surface area contributed by atoms with Crippen molar-refractivity contribution in [3.63, 3.8) is 0 Å². The molecule has 4 rings (SSSR count). The molecule has 2 N–H and O–H groups in total. The number of halogens is 4. The summed E-state index contributed by atoms with van der Waals surface area (Å²) in [4.78, 5) is 23.0. The third-order valence-electron chi connectivity index (χ3n) is 5.80. The summed E-state index contributed by atoms with van der Waals surface area (Å²) in [5.74, 6) is -1.11. The third-order valence-corrected chi connectivity index (χ3v) is 5.80. The molecular weight excluding hydrogens is 440 g/mol. The summed E-state index contributed by atoms with van der Waals surface area (Å²) in [6.07, 6.45) is -3.79. The van der Waals surface area contributed by atoms with E-state index in [2.05, 4.69) is 9.97 Å². The standard InChI is InChI=1S/C23H22F4N4O2/c1-11(2)31(12(3)19-5-4-13(8-29-19)23(25,26)27)22(32)15-6-14-16-9-33-10-17(16)21(28)30-20(14)7-18(15)24/h4-8,11-12H,9-10H2,1-3H3,(H2,28,30)/t12-/m1/s1. The van der Waals surface area contributed by atoms with Crippen LogP contribution < -0.4 is 5.73 Å². The van der Waals surface area contributed by atoms with Crippen LogP contribution in [0.1, 0.15) is 59.6 Å². The Labute approximate surface area is 187 Å². The van der Waals surface area contributed by atoms with Crippen molar-refractivity contribution < 1.29 is 27.1 Å². The number of carbonyl (C=O) groups is 1. The lowest BCUT2D eigenvalue weighted by Gasteiger charge is -2.33. The number of amides is 1. The highest BCUT2D eigenvalue weighted by Gasteiger charge is 2.33. The van der Waals surface area contributed by atoms with Crippen LogP contribution in [0.5, 0.6) is 0 Å². The molecule has 0 saturated carbocycles. The molecule has 1 amide bonds. The van der Waals surface area contributed by atoms with E-state index in [-0.39, 0.29) is 29.7 Å². The van der Waals surface area contributed by atoms with Crippen LogP contribution in [0.4, 0.5) is 23.4 Å². The summed E-state index contributed by atoms with van der Waals surface area (Å²) in [7, 11) is 0. The van der Waals surface area contributed by atoms with Gasteiger partial charge in [0.05, 0.1) is 41.6 Å². The van der Waals surface area contributed by atoms with Gasteiger partial charge in [-0.2, -0.15) is 13.2 Å². The number of rotatable bonds is 4. The molecule has 3 aromatic rings. The molecular formula is C23H22F4N4O2. The number of pyridine rings is 2. The van der Waals surface area contributed by atoms with Gasteiger partial charge in [0.25, 0.3) is 5.91 Å². The van der Waals surface area contributed by atoms with Gasteiger partial charge in [-0.1, -0.05) is 0 Å². The molecule has 0 aliphatic carbocycles. The highest BCUT2D eigenvalue weighted by Crippen LogP contribution is 2.34. The third kappa shape index (κ3) is 4.10. The second-order valence-corrected chi connectivity index (χ2v) is 8.25. The maximum Gasteiger partial charge on any atom is 0.417 e. The lowest BCUT2D eigenvalue weighted by atomic mass is 10.0. The van der Waals surface area contributed by atoms with Crippen molar-refractivity contribution in [2.24, 2.45) is 0 Å². The molecule has 1 aliphatic heterocycles. The smallest absolute Gasteiger partial charge is 0.383 e. The van der Waals surface area contributed by atoms with Gasteiger partial charge in [0.1, 0.15) is 11.6 Å². The molecule has 0 bridgehead atoms. The van der Waals surface area contributed by atoms with E-state index in [1.165, 1.54) is 17.0 Å². The molecule has 0 unspecified atom stereocenters. The Morgan fingerprint density at radius 2 is 1.85 bits per heavy atom. The maximum atomic E-state index is 15.0. The maximum absolute atomic E-state index is 15.0. The highest BCUT2D eigenvalue weighted by molar-refractivity contribution is 6.00. The lowest BCUT2D eigenvalue weighted by Crippen LogP contribution is -2.39. The minimum Gasteiger partial charge on any atom is -0.383 e. The van der Waals surface area contributed by atoms with E-state index < -0.39 is 29.5 Å². The van der Waals surface area contributed by atoms with E-state index >= 15 is 4.39 Å². The molecule has 3 heterocycles. The predicted molar refractivity (Wildman–Crippen MR) is 114 cm³/mol. The van der Waals surface area contributed by atoms with Crippen LogP contribution in [0.15, 0.2) is 30.5 Å². The molecule has 0 radical (unpaired) electrons. The topological polar surface area (TPSA) is 81.3 Å². The first-order valence-electron chi connectivity index (χ1n) is 10.3. The van der Waals surface area contributed by atoms with Gasteiger partial charge in [0.2, 0.25) is 0 Å². The molecule has 0 fully saturated rings.